The van der Waals surface area contributed by atoms with Gasteiger partial charge in [0.2, 0.25) is 0 Å². The predicted molar refractivity (Wildman–Crippen MR) is 75.7 cm³/mol. The molecule has 0 unspecified atom stereocenters. The first-order valence-corrected chi connectivity index (χ1v) is 6.78. The van der Waals surface area contributed by atoms with E-state index in [1.54, 1.807) is 54.1 Å². The highest BCUT2D eigenvalue weighted by Gasteiger charge is 2.35. The number of rotatable bonds is 3. The Kier molecular flexibility index (Phi) is 3.37. The lowest BCUT2D eigenvalue weighted by Crippen LogP contribution is -2.32. The quantitative estimate of drug-likeness (QED) is 0.869. The first kappa shape index (κ1) is 13.6. The Morgan fingerprint density at radius 2 is 2.24 bits per heavy atom. The molecule has 1 saturated heterocycles. The van der Waals surface area contributed by atoms with Gasteiger partial charge in [-0.2, -0.15) is 5.10 Å². The number of ether oxygens (including phenoxy) is 1. The van der Waals surface area contributed by atoms with Gasteiger partial charge < -0.3 is 9.64 Å². The van der Waals surface area contributed by atoms with E-state index in [0.717, 1.165) is 5.69 Å². The van der Waals surface area contributed by atoms with Gasteiger partial charge in [-0.3, -0.25) is 9.48 Å². The summed E-state index contributed by atoms with van der Waals surface area (Å²) in [6.07, 6.45) is 3.28. The lowest BCUT2D eigenvalue weighted by Gasteiger charge is -2.16. The summed E-state index contributed by atoms with van der Waals surface area (Å²) in [5, 5.41) is 4.05. The van der Waals surface area contributed by atoms with Crippen LogP contribution in [0.3, 0.4) is 0 Å². The second-order valence-electron chi connectivity index (χ2n) is 5.14. The molecule has 2 aromatic rings. The molecule has 1 atom stereocenters. The molecule has 1 aliphatic rings. The molecule has 0 N–H and O–H groups in total. The van der Waals surface area contributed by atoms with Gasteiger partial charge in [0.25, 0.3) is 5.91 Å². The molecule has 110 valence electrons. The standard InChI is InChI=1S/C15H16FN3O2/c1-10-4-3-5-12(14(10)16)21-13-6-7-19(15(13)20)11-8-17-18(2)9-11/h3-5,8-9,13H,6-7H2,1-2H3/t13-/m1/s1. The normalized spacial score (nSPS) is 18.3. The van der Waals surface area contributed by atoms with E-state index in [1.807, 2.05) is 0 Å². The summed E-state index contributed by atoms with van der Waals surface area (Å²) in [5.41, 5.74) is 1.24. The predicted octanol–water partition coefficient (Wildman–Crippen LogP) is 2.05. The molecule has 2 heterocycles. The van der Waals surface area contributed by atoms with Crippen molar-refractivity contribution < 1.29 is 13.9 Å². The summed E-state index contributed by atoms with van der Waals surface area (Å²) in [6.45, 7) is 2.21. The fourth-order valence-corrected chi connectivity index (χ4v) is 2.43. The lowest BCUT2D eigenvalue weighted by molar-refractivity contribution is -0.122. The summed E-state index contributed by atoms with van der Waals surface area (Å²) in [4.78, 5) is 14.0. The Hall–Kier alpha value is -2.37. The van der Waals surface area contributed by atoms with Crippen LogP contribution < -0.4 is 9.64 Å². The minimum absolute atomic E-state index is 0.126. The zero-order chi connectivity index (χ0) is 15.0. The van der Waals surface area contributed by atoms with E-state index in [2.05, 4.69) is 5.10 Å². The van der Waals surface area contributed by atoms with E-state index in [1.165, 1.54) is 0 Å². The molecule has 3 rings (SSSR count). The third-order valence-electron chi connectivity index (χ3n) is 3.58. The third-order valence-corrected chi connectivity index (χ3v) is 3.58. The minimum atomic E-state index is -0.651. The summed E-state index contributed by atoms with van der Waals surface area (Å²) in [6, 6.07) is 4.93. The molecule has 0 bridgehead atoms. The average Bonchev–Trinajstić information content (AvgIpc) is 3.02. The zero-order valence-corrected chi connectivity index (χ0v) is 11.9. The maximum absolute atomic E-state index is 13.9. The van der Waals surface area contributed by atoms with Gasteiger partial charge >= 0.3 is 0 Å². The van der Waals surface area contributed by atoms with Crippen LogP contribution in [0.5, 0.6) is 5.75 Å². The van der Waals surface area contributed by atoms with Crippen LogP contribution in [-0.2, 0) is 11.8 Å². The summed E-state index contributed by atoms with van der Waals surface area (Å²) in [7, 11) is 1.79. The highest BCUT2D eigenvalue weighted by Crippen LogP contribution is 2.26. The Balaban J connectivity index is 1.76. The highest BCUT2D eigenvalue weighted by molar-refractivity contribution is 5.98. The SMILES string of the molecule is Cc1cccc(O[C@@H]2CCN(c3cnn(C)c3)C2=O)c1F. The molecular formula is C15H16FN3O2. The molecule has 21 heavy (non-hydrogen) atoms. The fourth-order valence-electron chi connectivity index (χ4n) is 2.43. The molecule has 0 radical (unpaired) electrons. The first-order chi connectivity index (χ1) is 10.1. The van der Waals surface area contributed by atoms with Gasteiger partial charge in [-0.05, 0) is 18.6 Å². The highest BCUT2D eigenvalue weighted by atomic mass is 19.1. The van der Waals surface area contributed by atoms with E-state index in [4.69, 9.17) is 4.74 Å². The van der Waals surface area contributed by atoms with Crippen molar-refractivity contribution >= 4 is 11.6 Å². The van der Waals surface area contributed by atoms with E-state index in [9.17, 15) is 9.18 Å². The minimum Gasteiger partial charge on any atom is -0.477 e. The van der Waals surface area contributed by atoms with Gasteiger partial charge in [-0.15, -0.1) is 0 Å². The Bertz CT molecular complexity index is 683. The van der Waals surface area contributed by atoms with Crippen LogP contribution in [0.15, 0.2) is 30.6 Å². The molecule has 1 aliphatic heterocycles. The largest absolute Gasteiger partial charge is 0.477 e. The van der Waals surface area contributed by atoms with Crippen molar-refractivity contribution in [3.8, 4) is 5.75 Å². The van der Waals surface area contributed by atoms with Crippen molar-refractivity contribution in [3.63, 3.8) is 0 Å². The monoisotopic (exact) mass is 289 g/mol. The van der Waals surface area contributed by atoms with Crippen LogP contribution in [0.1, 0.15) is 12.0 Å². The number of aryl methyl sites for hydroxylation is 2. The third kappa shape index (κ3) is 2.49. The van der Waals surface area contributed by atoms with Crippen molar-refractivity contribution in [2.75, 3.05) is 11.4 Å². The smallest absolute Gasteiger partial charge is 0.268 e. The second-order valence-corrected chi connectivity index (χ2v) is 5.14. The summed E-state index contributed by atoms with van der Waals surface area (Å²) in [5.74, 6) is -0.449. The summed E-state index contributed by atoms with van der Waals surface area (Å²) < 4.78 is 21.1. The van der Waals surface area contributed by atoms with Crippen LogP contribution in [0.4, 0.5) is 10.1 Å². The molecule has 0 saturated carbocycles. The van der Waals surface area contributed by atoms with E-state index < -0.39 is 11.9 Å². The molecule has 0 aliphatic carbocycles. The van der Waals surface area contributed by atoms with Gasteiger partial charge in [0.05, 0.1) is 11.9 Å². The number of anilines is 1. The average molecular weight is 289 g/mol. The van der Waals surface area contributed by atoms with Crippen LogP contribution in [0.25, 0.3) is 0 Å². The lowest BCUT2D eigenvalue weighted by atomic mass is 10.2. The van der Waals surface area contributed by atoms with Crippen molar-refractivity contribution in [3.05, 3.63) is 42.0 Å². The molecule has 5 nitrogen and oxygen atoms in total. The molecule has 1 aromatic heterocycles. The summed E-state index contributed by atoms with van der Waals surface area (Å²) >= 11 is 0. The van der Waals surface area contributed by atoms with E-state index in [-0.39, 0.29) is 11.7 Å². The van der Waals surface area contributed by atoms with Crippen molar-refractivity contribution in [1.82, 2.24) is 9.78 Å². The van der Waals surface area contributed by atoms with Crippen molar-refractivity contribution in [2.24, 2.45) is 7.05 Å². The fraction of sp³-hybridized carbons (Fsp3) is 0.333. The number of hydrogen-bond acceptors (Lipinski definition) is 3. The van der Waals surface area contributed by atoms with Crippen molar-refractivity contribution in [2.45, 2.75) is 19.4 Å². The maximum atomic E-state index is 13.9. The number of carbonyl (C=O) groups is 1. The molecule has 1 fully saturated rings. The van der Waals surface area contributed by atoms with Gasteiger partial charge in [0, 0.05) is 26.2 Å². The van der Waals surface area contributed by atoms with Crippen LogP contribution in [0.2, 0.25) is 0 Å². The second kappa shape index (κ2) is 5.20. The molecule has 1 aromatic carbocycles. The number of nitrogens with zero attached hydrogens (tertiary/aromatic N) is 3. The van der Waals surface area contributed by atoms with E-state index in [0.29, 0.717) is 18.5 Å². The van der Waals surface area contributed by atoms with E-state index >= 15 is 0 Å². The van der Waals surface area contributed by atoms with Gasteiger partial charge in [0.15, 0.2) is 17.7 Å². The van der Waals surface area contributed by atoms with Crippen LogP contribution >= 0.6 is 0 Å². The van der Waals surface area contributed by atoms with Gasteiger partial charge in [0.1, 0.15) is 0 Å². The zero-order valence-electron chi connectivity index (χ0n) is 11.9. The number of halogens is 1. The topological polar surface area (TPSA) is 47.4 Å². The molecule has 0 spiro atoms. The maximum Gasteiger partial charge on any atom is 0.268 e. The van der Waals surface area contributed by atoms with Gasteiger partial charge in [-0.25, -0.2) is 4.39 Å². The van der Waals surface area contributed by atoms with Gasteiger partial charge in [-0.1, -0.05) is 12.1 Å². The number of benzene rings is 1. The van der Waals surface area contributed by atoms with Crippen LogP contribution in [0, 0.1) is 12.7 Å². The molecule has 6 heteroatoms. The van der Waals surface area contributed by atoms with Crippen molar-refractivity contribution in [1.29, 1.82) is 0 Å². The molecule has 1 amide bonds. The Morgan fingerprint density at radius 3 is 2.95 bits per heavy atom. The number of amides is 1. The van der Waals surface area contributed by atoms with Crippen LogP contribution in [-0.4, -0.2) is 28.3 Å². The Labute approximate surface area is 121 Å². The number of aromatic nitrogens is 2. The number of hydrogen-bond donors (Lipinski definition) is 0. The molecular weight excluding hydrogens is 273 g/mol. The first-order valence-electron chi connectivity index (χ1n) is 6.78. The Morgan fingerprint density at radius 1 is 1.43 bits per heavy atom. The number of carbonyl (C=O) groups excluding carboxylic acids is 1.